The second-order valence-electron chi connectivity index (χ2n) is 4.31. The van der Waals surface area contributed by atoms with Crippen molar-refractivity contribution in [1.29, 1.82) is 0 Å². The molecular weight excluding hydrogens is 428 g/mol. The molecule has 0 saturated carbocycles. The molecule has 20 heavy (non-hydrogen) atoms. The number of sulfonamides is 1. The van der Waals surface area contributed by atoms with Crippen molar-refractivity contribution in [2.24, 2.45) is 0 Å². The summed E-state index contributed by atoms with van der Waals surface area (Å²) < 4.78 is 29.2. The Bertz CT molecular complexity index is 727. The van der Waals surface area contributed by atoms with Crippen molar-refractivity contribution in [3.63, 3.8) is 0 Å². The molecule has 0 aliphatic heterocycles. The number of nitrogens with two attached hydrogens (primary N) is 1. The normalized spacial score (nSPS) is 11.6. The quantitative estimate of drug-likeness (QED) is 0.701. The van der Waals surface area contributed by atoms with Gasteiger partial charge in [0.25, 0.3) is 10.0 Å². The average Bonchev–Trinajstić information content (AvgIpc) is 2.65. The van der Waals surface area contributed by atoms with E-state index in [2.05, 4.69) is 36.6 Å². The van der Waals surface area contributed by atoms with Crippen LogP contribution in [0.5, 0.6) is 0 Å². The summed E-state index contributed by atoms with van der Waals surface area (Å²) >= 11 is 7.82. The van der Waals surface area contributed by atoms with Crippen LogP contribution in [-0.2, 0) is 10.0 Å². The van der Waals surface area contributed by atoms with Crippen molar-refractivity contribution in [3.05, 3.63) is 37.6 Å². The largest absolute Gasteiger partial charge is 0.397 e. The predicted molar refractivity (Wildman–Crippen MR) is 90.9 cm³/mol. The Hall–Kier alpha value is -0.570. The van der Waals surface area contributed by atoms with E-state index in [4.69, 9.17) is 5.73 Å². The molecule has 1 aromatic carbocycles. The molecule has 1 aromatic heterocycles. The van der Waals surface area contributed by atoms with E-state index in [9.17, 15) is 8.42 Å². The molecule has 8 heteroatoms. The van der Waals surface area contributed by atoms with E-state index in [0.717, 1.165) is 19.4 Å². The number of hydrogen-bond donors (Lipinski definition) is 2. The van der Waals surface area contributed by atoms with Crippen molar-refractivity contribution in [1.82, 2.24) is 0 Å². The average molecular weight is 440 g/mol. The highest BCUT2D eigenvalue weighted by atomic mass is 79.9. The Balaban J connectivity index is 2.43. The molecule has 0 spiro atoms. The number of nitrogens with one attached hydrogen (secondary N) is 1. The van der Waals surface area contributed by atoms with Crippen LogP contribution in [0.3, 0.4) is 0 Å². The lowest BCUT2D eigenvalue weighted by molar-refractivity contribution is 0.603. The standard InChI is InChI=1S/C12H12Br2N2O2S2/c1-6-3-8(13)5-9(15)11(6)16-20(17,18)10-4-7(2)12(14)19-10/h3-5,16H,15H2,1-2H3. The first-order valence-corrected chi connectivity index (χ1v) is 9.43. The zero-order valence-electron chi connectivity index (χ0n) is 10.7. The van der Waals surface area contributed by atoms with Gasteiger partial charge in [-0.3, -0.25) is 4.72 Å². The molecule has 2 aromatic rings. The number of halogens is 2. The van der Waals surface area contributed by atoms with Gasteiger partial charge in [0.1, 0.15) is 4.21 Å². The van der Waals surface area contributed by atoms with Gasteiger partial charge in [0.15, 0.2) is 0 Å². The van der Waals surface area contributed by atoms with Gasteiger partial charge in [-0.25, -0.2) is 8.42 Å². The molecule has 3 N–H and O–H groups in total. The van der Waals surface area contributed by atoms with Crippen LogP contribution in [-0.4, -0.2) is 8.42 Å². The molecule has 1 heterocycles. The Morgan fingerprint density at radius 1 is 1.15 bits per heavy atom. The van der Waals surface area contributed by atoms with Crippen LogP contribution in [0.1, 0.15) is 11.1 Å². The van der Waals surface area contributed by atoms with Crippen molar-refractivity contribution in [3.8, 4) is 0 Å². The Morgan fingerprint density at radius 2 is 1.80 bits per heavy atom. The van der Waals surface area contributed by atoms with Crippen LogP contribution in [0.25, 0.3) is 0 Å². The second-order valence-corrected chi connectivity index (χ2v) is 9.51. The number of anilines is 2. The number of aryl methyl sites for hydroxylation is 2. The summed E-state index contributed by atoms with van der Waals surface area (Å²) in [5.74, 6) is 0. The zero-order valence-corrected chi connectivity index (χ0v) is 15.5. The lowest BCUT2D eigenvalue weighted by atomic mass is 10.2. The molecule has 0 atom stereocenters. The van der Waals surface area contributed by atoms with E-state index in [0.29, 0.717) is 11.4 Å². The monoisotopic (exact) mass is 438 g/mol. The number of thiophene rings is 1. The minimum Gasteiger partial charge on any atom is -0.397 e. The maximum atomic E-state index is 12.4. The number of nitrogen functional groups attached to an aromatic ring is 1. The number of hydrogen-bond acceptors (Lipinski definition) is 4. The molecular formula is C12H12Br2N2O2S2. The van der Waals surface area contributed by atoms with Gasteiger partial charge in [-0.2, -0.15) is 0 Å². The third-order valence-corrected chi connectivity index (χ3v) is 7.08. The first kappa shape index (κ1) is 15.8. The van der Waals surface area contributed by atoms with Crippen LogP contribution in [0, 0.1) is 13.8 Å². The molecule has 4 nitrogen and oxygen atoms in total. The van der Waals surface area contributed by atoms with Crippen molar-refractivity contribution in [2.45, 2.75) is 18.1 Å². The van der Waals surface area contributed by atoms with Crippen molar-refractivity contribution < 1.29 is 8.42 Å². The fraction of sp³-hybridized carbons (Fsp3) is 0.167. The predicted octanol–water partition coefficient (Wildman–Crippen LogP) is 4.27. The maximum absolute atomic E-state index is 12.4. The van der Waals surface area contributed by atoms with Crippen molar-refractivity contribution in [2.75, 3.05) is 10.5 Å². The number of benzene rings is 1. The van der Waals surface area contributed by atoms with E-state index in [1.54, 1.807) is 19.1 Å². The molecule has 0 radical (unpaired) electrons. The fourth-order valence-corrected chi connectivity index (χ4v) is 5.63. The van der Waals surface area contributed by atoms with Crippen LogP contribution in [0.2, 0.25) is 0 Å². The van der Waals surface area contributed by atoms with Gasteiger partial charge in [-0.1, -0.05) is 15.9 Å². The molecule has 0 bridgehead atoms. The minimum absolute atomic E-state index is 0.253. The second kappa shape index (κ2) is 5.67. The van der Waals surface area contributed by atoms with Gasteiger partial charge in [0.2, 0.25) is 0 Å². The highest BCUT2D eigenvalue weighted by Gasteiger charge is 2.20. The number of rotatable bonds is 3. The lowest BCUT2D eigenvalue weighted by Gasteiger charge is -2.12. The SMILES string of the molecule is Cc1cc(S(=O)(=O)Nc2c(C)cc(Br)cc2N)sc1Br. The fourth-order valence-electron chi connectivity index (χ4n) is 1.66. The van der Waals surface area contributed by atoms with Crippen molar-refractivity contribution >= 4 is 64.6 Å². The lowest BCUT2D eigenvalue weighted by Crippen LogP contribution is -2.14. The molecule has 0 saturated heterocycles. The Labute approximate surface area is 138 Å². The third kappa shape index (κ3) is 3.19. The smallest absolute Gasteiger partial charge is 0.271 e. The van der Waals surface area contributed by atoms with E-state index < -0.39 is 10.0 Å². The van der Waals surface area contributed by atoms with Crippen LogP contribution >= 0.6 is 43.2 Å². The molecule has 0 fully saturated rings. The van der Waals surface area contributed by atoms with Gasteiger partial charge in [-0.15, -0.1) is 11.3 Å². The molecule has 108 valence electrons. The molecule has 0 unspecified atom stereocenters. The van der Waals surface area contributed by atoms with Crippen LogP contribution in [0.4, 0.5) is 11.4 Å². The summed E-state index contributed by atoms with van der Waals surface area (Å²) in [6.45, 7) is 3.65. The summed E-state index contributed by atoms with van der Waals surface area (Å²) in [5.41, 5.74) is 8.32. The van der Waals surface area contributed by atoms with Crippen LogP contribution < -0.4 is 10.5 Å². The van der Waals surface area contributed by atoms with Gasteiger partial charge >= 0.3 is 0 Å². The first-order valence-electron chi connectivity index (χ1n) is 5.55. The van der Waals surface area contributed by atoms with Crippen LogP contribution in [0.15, 0.2) is 30.7 Å². The van der Waals surface area contributed by atoms with Gasteiger partial charge in [0, 0.05) is 4.47 Å². The topological polar surface area (TPSA) is 72.2 Å². The van der Waals surface area contributed by atoms with Gasteiger partial charge < -0.3 is 5.73 Å². The Kier molecular flexibility index (Phi) is 4.48. The first-order chi connectivity index (χ1) is 9.20. The highest BCUT2D eigenvalue weighted by Crippen LogP contribution is 2.34. The maximum Gasteiger partial charge on any atom is 0.271 e. The van der Waals surface area contributed by atoms with Gasteiger partial charge in [-0.05, 0) is 59.1 Å². The van der Waals surface area contributed by atoms with E-state index >= 15 is 0 Å². The summed E-state index contributed by atoms with van der Waals surface area (Å²) in [6, 6.07) is 5.10. The van der Waals surface area contributed by atoms with E-state index in [1.807, 2.05) is 13.0 Å². The Morgan fingerprint density at radius 3 is 2.30 bits per heavy atom. The minimum atomic E-state index is -3.63. The summed E-state index contributed by atoms with van der Waals surface area (Å²) in [4.78, 5) is 0. The summed E-state index contributed by atoms with van der Waals surface area (Å²) in [7, 11) is -3.63. The molecule has 0 amide bonds. The van der Waals surface area contributed by atoms with E-state index in [1.165, 1.54) is 11.3 Å². The molecule has 0 aliphatic rings. The summed E-state index contributed by atoms with van der Waals surface area (Å²) in [5, 5.41) is 0. The van der Waals surface area contributed by atoms with Gasteiger partial charge in [0.05, 0.1) is 15.2 Å². The highest BCUT2D eigenvalue weighted by molar-refractivity contribution is 9.11. The summed E-state index contributed by atoms with van der Waals surface area (Å²) in [6.07, 6.45) is 0. The molecule has 0 aliphatic carbocycles. The van der Waals surface area contributed by atoms with E-state index in [-0.39, 0.29) is 4.21 Å². The zero-order chi connectivity index (χ0) is 15.1. The third-order valence-electron chi connectivity index (χ3n) is 2.67. The molecule has 2 rings (SSSR count).